The highest BCUT2D eigenvalue weighted by molar-refractivity contribution is 8.13. The molecule has 20 heavy (non-hydrogen) atoms. The number of nitrogens with one attached hydrogen (secondary N) is 1. The standard InChI is InChI=1S/C12H13Cl2NO4S/c13-11-4-3-9(20(14,17)18)6-10(11)12(16)15-8-2-1-5-19-7-8/h3-4,6,8H,1-2,5,7H2,(H,15,16). The molecular weight excluding hydrogens is 325 g/mol. The van der Waals surface area contributed by atoms with Crippen LogP contribution >= 0.6 is 22.3 Å². The van der Waals surface area contributed by atoms with Gasteiger partial charge in [0.05, 0.1) is 28.1 Å². The lowest BCUT2D eigenvalue weighted by molar-refractivity contribution is 0.0624. The van der Waals surface area contributed by atoms with Crippen molar-refractivity contribution in [3.05, 3.63) is 28.8 Å². The van der Waals surface area contributed by atoms with E-state index in [0.29, 0.717) is 13.2 Å². The molecule has 0 aromatic heterocycles. The molecule has 0 aliphatic carbocycles. The van der Waals surface area contributed by atoms with Gasteiger partial charge >= 0.3 is 0 Å². The van der Waals surface area contributed by atoms with Gasteiger partial charge in [-0.2, -0.15) is 0 Å². The van der Waals surface area contributed by atoms with Crippen LogP contribution in [0.25, 0.3) is 0 Å². The molecule has 1 aliphatic rings. The largest absolute Gasteiger partial charge is 0.379 e. The van der Waals surface area contributed by atoms with Gasteiger partial charge in [0.2, 0.25) is 0 Å². The van der Waals surface area contributed by atoms with Crippen molar-refractivity contribution in [2.24, 2.45) is 0 Å². The van der Waals surface area contributed by atoms with Gasteiger partial charge in [-0.3, -0.25) is 4.79 Å². The first kappa shape index (κ1) is 15.6. The molecule has 0 spiro atoms. The van der Waals surface area contributed by atoms with Gasteiger partial charge < -0.3 is 10.1 Å². The van der Waals surface area contributed by atoms with E-state index in [1.165, 1.54) is 18.2 Å². The Morgan fingerprint density at radius 3 is 2.75 bits per heavy atom. The first-order valence-electron chi connectivity index (χ1n) is 6.01. The van der Waals surface area contributed by atoms with Gasteiger partial charge in [0.1, 0.15) is 0 Å². The van der Waals surface area contributed by atoms with Crippen LogP contribution in [0.3, 0.4) is 0 Å². The molecule has 1 heterocycles. The van der Waals surface area contributed by atoms with E-state index in [-0.39, 0.29) is 21.5 Å². The molecule has 5 nitrogen and oxygen atoms in total. The van der Waals surface area contributed by atoms with Crippen molar-refractivity contribution in [2.45, 2.75) is 23.8 Å². The summed E-state index contributed by atoms with van der Waals surface area (Å²) < 4.78 is 27.8. The molecule has 8 heteroatoms. The van der Waals surface area contributed by atoms with E-state index in [2.05, 4.69) is 5.32 Å². The second kappa shape index (κ2) is 6.30. The second-order valence-electron chi connectivity index (χ2n) is 4.47. The summed E-state index contributed by atoms with van der Waals surface area (Å²) >= 11 is 5.93. The van der Waals surface area contributed by atoms with Crippen LogP contribution in [-0.4, -0.2) is 33.6 Å². The van der Waals surface area contributed by atoms with Gasteiger partial charge in [-0.1, -0.05) is 11.6 Å². The molecule has 1 saturated heterocycles. The van der Waals surface area contributed by atoms with Crippen molar-refractivity contribution >= 4 is 37.2 Å². The Labute approximate surface area is 126 Å². The molecule has 1 fully saturated rings. The van der Waals surface area contributed by atoms with Gasteiger partial charge in [-0.25, -0.2) is 8.42 Å². The van der Waals surface area contributed by atoms with Crippen LogP contribution in [0.15, 0.2) is 23.1 Å². The van der Waals surface area contributed by atoms with Gasteiger partial charge in [0.15, 0.2) is 0 Å². The van der Waals surface area contributed by atoms with Crippen molar-refractivity contribution in [3.63, 3.8) is 0 Å². The highest BCUT2D eigenvalue weighted by Crippen LogP contribution is 2.23. The van der Waals surface area contributed by atoms with Crippen molar-refractivity contribution < 1.29 is 17.9 Å². The van der Waals surface area contributed by atoms with Crippen molar-refractivity contribution in [2.75, 3.05) is 13.2 Å². The minimum atomic E-state index is -3.90. The summed E-state index contributed by atoms with van der Waals surface area (Å²) in [5, 5.41) is 2.94. The molecule has 1 aromatic carbocycles. The Hall–Kier alpha value is -0.820. The monoisotopic (exact) mass is 337 g/mol. The SMILES string of the molecule is O=C(NC1CCCOC1)c1cc(S(=O)(=O)Cl)ccc1Cl. The number of rotatable bonds is 3. The maximum atomic E-state index is 12.1. The molecule has 0 saturated carbocycles. The number of halogens is 2. The zero-order valence-electron chi connectivity index (χ0n) is 10.4. The van der Waals surface area contributed by atoms with Gasteiger partial charge in [-0.15, -0.1) is 0 Å². The minimum absolute atomic E-state index is 0.0824. The summed E-state index contributed by atoms with van der Waals surface area (Å²) in [4.78, 5) is 12.0. The third kappa shape index (κ3) is 3.85. The van der Waals surface area contributed by atoms with Gasteiger partial charge in [0, 0.05) is 17.3 Å². The zero-order chi connectivity index (χ0) is 14.8. The van der Waals surface area contributed by atoms with E-state index >= 15 is 0 Å². The Balaban J connectivity index is 2.20. The molecule has 2 rings (SSSR count). The van der Waals surface area contributed by atoms with Crippen LogP contribution in [0.2, 0.25) is 5.02 Å². The number of carbonyl (C=O) groups excluding carboxylic acids is 1. The summed E-state index contributed by atoms with van der Waals surface area (Å²) in [7, 11) is 1.36. The van der Waals surface area contributed by atoms with Crippen LogP contribution in [0, 0.1) is 0 Å². The minimum Gasteiger partial charge on any atom is -0.379 e. The number of benzene rings is 1. The summed E-state index contributed by atoms with van der Waals surface area (Å²) in [5.41, 5.74) is 0.0824. The average molecular weight is 338 g/mol. The maximum absolute atomic E-state index is 12.1. The quantitative estimate of drug-likeness (QED) is 0.858. The van der Waals surface area contributed by atoms with Crippen molar-refractivity contribution in [1.29, 1.82) is 0 Å². The number of carbonyl (C=O) groups is 1. The van der Waals surface area contributed by atoms with E-state index in [0.717, 1.165) is 12.8 Å². The Kier molecular flexibility index (Phi) is 4.90. The van der Waals surface area contributed by atoms with Gasteiger partial charge in [-0.05, 0) is 31.0 Å². The molecule has 0 radical (unpaired) electrons. The van der Waals surface area contributed by atoms with E-state index in [1.54, 1.807) is 0 Å². The molecule has 1 aromatic rings. The van der Waals surface area contributed by atoms with E-state index in [9.17, 15) is 13.2 Å². The van der Waals surface area contributed by atoms with Crippen LogP contribution in [0.4, 0.5) is 0 Å². The number of ether oxygens (including phenoxy) is 1. The first-order valence-corrected chi connectivity index (χ1v) is 8.69. The lowest BCUT2D eigenvalue weighted by Gasteiger charge is -2.23. The molecule has 110 valence electrons. The van der Waals surface area contributed by atoms with Crippen LogP contribution in [0.5, 0.6) is 0 Å². The average Bonchev–Trinajstić information content (AvgIpc) is 2.39. The highest BCUT2D eigenvalue weighted by atomic mass is 35.7. The summed E-state index contributed by atoms with van der Waals surface area (Å²) in [6, 6.07) is 3.67. The topological polar surface area (TPSA) is 72.5 Å². The predicted molar refractivity (Wildman–Crippen MR) is 75.8 cm³/mol. The summed E-state index contributed by atoms with van der Waals surface area (Å²) in [5.74, 6) is -0.437. The lowest BCUT2D eigenvalue weighted by Crippen LogP contribution is -2.40. The zero-order valence-corrected chi connectivity index (χ0v) is 12.8. The fraction of sp³-hybridized carbons (Fsp3) is 0.417. The van der Waals surface area contributed by atoms with E-state index < -0.39 is 15.0 Å². The fourth-order valence-corrected chi connectivity index (χ4v) is 2.93. The molecule has 1 aliphatic heterocycles. The third-order valence-electron chi connectivity index (χ3n) is 2.96. The predicted octanol–water partition coefficient (Wildman–Crippen LogP) is 2.18. The molecule has 1 unspecified atom stereocenters. The smallest absolute Gasteiger partial charge is 0.261 e. The number of amides is 1. The van der Waals surface area contributed by atoms with Crippen LogP contribution in [-0.2, 0) is 13.8 Å². The van der Waals surface area contributed by atoms with Gasteiger partial charge in [0.25, 0.3) is 15.0 Å². The van der Waals surface area contributed by atoms with Crippen LogP contribution < -0.4 is 5.32 Å². The Bertz CT molecular complexity index is 612. The molecule has 0 bridgehead atoms. The third-order valence-corrected chi connectivity index (χ3v) is 4.64. The maximum Gasteiger partial charge on any atom is 0.261 e. The fourth-order valence-electron chi connectivity index (χ4n) is 1.95. The summed E-state index contributed by atoms with van der Waals surface area (Å²) in [6.07, 6.45) is 1.69. The van der Waals surface area contributed by atoms with E-state index in [4.69, 9.17) is 27.0 Å². The number of hydrogen-bond acceptors (Lipinski definition) is 4. The highest BCUT2D eigenvalue weighted by Gasteiger charge is 2.20. The Morgan fingerprint density at radius 2 is 2.15 bits per heavy atom. The number of hydrogen-bond donors (Lipinski definition) is 1. The second-order valence-corrected chi connectivity index (χ2v) is 7.44. The molecular formula is C12H13Cl2NO4S. The molecule has 1 amide bonds. The van der Waals surface area contributed by atoms with Crippen LogP contribution in [0.1, 0.15) is 23.2 Å². The van der Waals surface area contributed by atoms with Crippen molar-refractivity contribution in [1.82, 2.24) is 5.32 Å². The van der Waals surface area contributed by atoms with Crippen molar-refractivity contribution in [3.8, 4) is 0 Å². The lowest BCUT2D eigenvalue weighted by atomic mass is 10.1. The molecule has 1 N–H and O–H groups in total. The molecule has 1 atom stereocenters. The Morgan fingerprint density at radius 1 is 1.40 bits per heavy atom. The normalized spacial score (nSPS) is 19.6. The first-order chi connectivity index (χ1) is 9.38. The van der Waals surface area contributed by atoms with E-state index in [1.807, 2.05) is 0 Å². The summed E-state index contributed by atoms with van der Waals surface area (Å²) in [6.45, 7) is 1.13.